The molecule has 0 saturated carbocycles. The van der Waals surface area contributed by atoms with Gasteiger partial charge in [-0.15, -0.1) is 0 Å². The molecule has 0 fully saturated rings. The van der Waals surface area contributed by atoms with E-state index < -0.39 is 6.10 Å². The molecule has 2 rings (SSSR count). The number of amides is 1. The first-order chi connectivity index (χ1) is 11.8. The Balaban J connectivity index is 2.24. The molecule has 1 aromatic carbocycles. The van der Waals surface area contributed by atoms with Crippen LogP contribution in [0.3, 0.4) is 0 Å². The van der Waals surface area contributed by atoms with Crippen molar-refractivity contribution in [3.8, 4) is 0 Å². The topological polar surface area (TPSA) is 56.1 Å². The van der Waals surface area contributed by atoms with Gasteiger partial charge in [0.05, 0.1) is 22.7 Å². The van der Waals surface area contributed by atoms with Crippen molar-refractivity contribution in [2.75, 3.05) is 20.1 Å². The second-order valence-electron chi connectivity index (χ2n) is 6.63. The maximum atomic E-state index is 13.0. The number of carbonyl (C=O) groups excluding carboxylic acids is 1. The number of nitrogens with zero attached hydrogens (tertiary/aromatic N) is 3. The molecule has 1 amide bonds. The maximum Gasteiger partial charge on any atom is 0.254 e. The van der Waals surface area contributed by atoms with Crippen molar-refractivity contribution in [2.24, 2.45) is 5.10 Å². The van der Waals surface area contributed by atoms with E-state index in [4.69, 9.17) is 23.2 Å². The highest BCUT2D eigenvalue weighted by Gasteiger charge is 2.24. The van der Waals surface area contributed by atoms with Crippen LogP contribution < -0.4 is 0 Å². The Labute approximate surface area is 159 Å². The van der Waals surface area contributed by atoms with Gasteiger partial charge in [0.1, 0.15) is 0 Å². The minimum Gasteiger partial charge on any atom is -0.391 e. The smallest absolute Gasteiger partial charge is 0.254 e. The lowest BCUT2D eigenvalue weighted by Crippen LogP contribution is -2.40. The minimum absolute atomic E-state index is 0.00723. The third-order valence-electron chi connectivity index (χ3n) is 4.41. The predicted octanol–water partition coefficient (Wildman–Crippen LogP) is 3.68. The van der Waals surface area contributed by atoms with Gasteiger partial charge in [0.15, 0.2) is 0 Å². The lowest BCUT2D eigenvalue weighted by Gasteiger charge is -2.30. The van der Waals surface area contributed by atoms with Crippen LogP contribution in [0.15, 0.2) is 23.3 Å². The summed E-state index contributed by atoms with van der Waals surface area (Å²) < 4.78 is 0. The van der Waals surface area contributed by atoms with Crippen LogP contribution in [0.1, 0.15) is 43.5 Å². The van der Waals surface area contributed by atoms with Crippen molar-refractivity contribution in [2.45, 2.75) is 45.3 Å². The Bertz CT molecular complexity index is 651. The van der Waals surface area contributed by atoms with E-state index in [1.54, 1.807) is 23.2 Å². The molecule has 0 spiro atoms. The van der Waals surface area contributed by atoms with Crippen molar-refractivity contribution >= 4 is 34.8 Å². The molecule has 138 valence electrons. The number of hydrogen-bond donors (Lipinski definition) is 1. The van der Waals surface area contributed by atoms with E-state index in [-0.39, 0.29) is 11.9 Å². The summed E-state index contributed by atoms with van der Waals surface area (Å²) in [5.74, 6) is -0.0824. The second-order valence-corrected chi connectivity index (χ2v) is 7.45. The number of aliphatic hydroxyl groups excluding tert-OH is 1. The number of benzene rings is 1. The number of aliphatic hydroxyl groups is 1. The SMILES string of the molecule is C/C1=N\N(C)CC(O)CCC(C)N(C(=O)c2ccc(Cl)c(Cl)c2)CC1. The summed E-state index contributed by atoms with van der Waals surface area (Å²) in [6, 6.07) is 4.94. The van der Waals surface area contributed by atoms with Gasteiger partial charge < -0.3 is 10.0 Å². The first-order valence-corrected chi connectivity index (χ1v) is 9.22. The molecule has 1 N–H and O–H groups in total. The van der Waals surface area contributed by atoms with Crippen LogP contribution in [-0.4, -0.2) is 58.9 Å². The Morgan fingerprint density at radius 1 is 1.28 bits per heavy atom. The van der Waals surface area contributed by atoms with E-state index in [2.05, 4.69) is 5.10 Å². The molecule has 0 saturated heterocycles. The van der Waals surface area contributed by atoms with Crippen LogP contribution in [0, 0.1) is 0 Å². The van der Waals surface area contributed by atoms with Gasteiger partial charge in [0.2, 0.25) is 0 Å². The summed E-state index contributed by atoms with van der Waals surface area (Å²) in [6.45, 7) is 5.01. The zero-order valence-electron chi connectivity index (χ0n) is 14.9. The second kappa shape index (κ2) is 8.88. The van der Waals surface area contributed by atoms with Crippen LogP contribution >= 0.6 is 23.2 Å². The van der Waals surface area contributed by atoms with Gasteiger partial charge in [-0.3, -0.25) is 9.80 Å². The average Bonchev–Trinajstić information content (AvgIpc) is 2.56. The average molecular weight is 386 g/mol. The van der Waals surface area contributed by atoms with Gasteiger partial charge in [-0.1, -0.05) is 23.2 Å². The fraction of sp³-hybridized carbons (Fsp3) is 0.556. The Hall–Kier alpha value is -1.30. The number of halogens is 2. The summed E-state index contributed by atoms with van der Waals surface area (Å²) >= 11 is 12.0. The fourth-order valence-corrected chi connectivity index (χ4v) is 3.27. The number of likely N-dealkylation sites (N-methyl/N-ethyl adjacent to an activating group) is 1. The number of β-amino-alcohol motifs (C(OH)–C–C–N with tert-alkyl or cyclic N) is 1. The standard InChI is InChI=1S/C18H25Cl2N3O2/c1-12-8-9-23(13(2)4-6-15(24)11-22(3)21-12)18(25)14-5-7-16(19)17(20)10-14/h5,7,10,13,15,24H,4,6,8-9,11H2,1-3H3/b21-12+. The van der Waals surface area contributed by atoms with Crippen molar-refractivity contribution in [3.05, 3.63) is 33.8 Å². The van der Waals surface area contributed by atoms with E-state index >= 15 is 0 Å². The van der Waals surface area contributed by atoms with Gasteiger partial charge in [-0.05, 0) is 44.9 Å². The maximum absolute atomic E-state index is 13.0. The number of hydrogen-bond acceptors (Lipinski definition) is 4. The van der Waals surface area contributed by atoms with E-state index in [1.807, 2.05) is 25.8 Å². The van der Waals surface area contributed by atoms with Gasteiger partial charge in [-0.25, -0.2) is 0 Å². The summed E-state index contributed by atoms with van der Waals surface area (Å²) in [6.07, 6.45) is 1.55. The summed E-state index contributed by atoms with van der Waals surface area (Å²) in [4.78, 5) is 14.8. The first-order valence-electron chi connectivity index (χ1n) is 8.47. The third kappa shape index (κ3) is 5.59. The van der Waals surface area contributed by atoms with E-state index in [0.717, 1.165) is 12.1 Å². The van der Waals surface area contributed by atoms with Crippen LogP contribution in [0.4, 0.5) is 0 Å². The van der Waals surface area contributed by atoms with E-state index in [1.165, 1.54) is 0 Å². The molecule has 25 heavy (non-hydrogen) atoms. The molecule has 7 heteroatoms. The fourth-order valence-electron chi connectivity index (χ4n) is 2.97. The number of rotatable bonds is 1. The van der Waals surface area contributed by atoms with Gasteiger partial charge in [0, 0.05) is 37.3 Å². The largest absolute Gasteiger partial charge is 0.391 e. The molecule has 1 aromatic rings. The highest BCUT2D eigenvalue weighted by Crippen LogP contribution is 2.24. The zero-order chi connectivity index (χ0) is 18.6. The molecule has 0 aliphatic carbocycles. The van der Waals surface area contributed by atoms with Crippen LogP contribution in [0.2, 0.25) is 10.0 Å². The van der Waals surface area contributed by atoms with Crippen LogP contribution in [0.25, 0.3) is 0 Å². The molecule has 0 aromatic heterocycles. The Morgan fingerprint density at radius 3 is 2.68 bits per heavy atom. The highest BCUT2D eigenvalue weighted by molar-refractivity contribution is 6.42. The quantitative estimate of drug-likeness (QED) is 0.801. The van der Waals surface area contributed by atoms with Gasteiger partial charge in [0.25, 0.3) is 5.91 Å². The summed E-state index contributed by atoms with van der Waals surface area (Å²) in [7, 11) is 1.85. The lowest BCUT2D eigenvalue weighted by molar-refractivity contribution is 0.0655. The molecule has 0 radical (unpaired) electrons. The molecule has 2 unspecified atom stereocenters. The third-order valence-corrected chi connectivity index (χ3v) is 5.15. The van der Waals surface area contributed by atoms with Crippen molar-refractivity contribution in [3.63, 3.8) is 0 Å². The van der Waals surface area contributed by atoms with Crippen LogP contribution in [-0.2, 0) is 0 Å². The van der Waals surface area contributed by atoms with Crippen molar-refractivity contribution in [1.29, 1.82) is 0 Å². The van der Waals surface area contributed by atoms with Crippen LogP contribution in [0.5, 0.6) is 0 Å². The van der Waals surface area contributed by atoms with E-state index in [0.29, 0.717) is 41.5 Å². The predicted molar refractivity (Wildman–Crippen MR) is 103 cm³/mol. The number of carbonyl (C=O) groups is 1. The normalized spacial score (nSPS) is 25.1. The molecule has 2 atom stereocenters. The van der Waals surface area contributed by atoms with E-state index in [9.17, 15) is 9.90 Å². The molecule has 1 aliphatic heterocycles. The Morgan fingerprint density at radius 2 is 2.00 bits per heavy atom. The van der Waals surface area contributed by atoms with Gasteiger partial charge in [-0.2, -0.15) is 5.10 Å². The zero-order valence-corrected chi connectivity index (χ0v) is 16.4. The molecular weight excluding hydrogens is 361 g/mol. The monoisotopic (exact) mass is 385 g/mol. The molecule has 1 heterocycles. The van der Waals surface area contributed by atoms with Crippen molar-refractivity contribution in [1.82, 2.24) is 9.91 Å². The Kier molecular flexibility index (Phi) is 7.11. The minimum atomic E-state index is -0.468. The molecular formula is C18H25Cl2N3O2. The van der Waals surface area contributed by atoms with Gasteiger partial charge >= 0.3 is 0 Å². The van der Waals surface area contributed by atoms with Crippen molar-refractivity contribution < 1.29 is 9.90 Å². The molecule has 5 nitrogen and oxygen atoms in total. The molecule has 1 aliphatic rings. The first kappa shape index (κ1) is 20.0. The number of hydrazone groups is 1. The molecule has 0 bridgehead atoms. The highest BCUT2D eigenvalue weighted by atomic mass is 35.5. The summed E-state index contributed by atoms with van der Waals surface area (Å²) in [5.41, 5.74) is 1.44. The summed E-state index contributed by atoms with van der Waals surface area (Å²) in [5, 5.41) is 17.2. The lowest BCUT2D eigenvalue weighted by atomic mass is 10.1.